The Morgan fingerprint density at radius 1 is 1.05 bits per heavy atom. The van der Waals surface area contributed by atoms with Crippen LogP contribution in [0.2, 0.25) is 0 Å². The fraction of sp³-hybridized carbons (Fsp3) is 0.188. The minimum atomic E-state index is -0.354. The molecule has 2 aromatic rings. The van der Waals surface area contributed by atoms with Crippen LogP contribution in [-0.2, 0) is 0 Å². The number of hydrogen-bond acceptors (Lipinski definition) is 3. The summed E-state index contributed by atoms with van der Waals surface area (Å²) < 4.78 is 0.929. The summed E-state index contributed by atoms with van der Waals surface area (Å²) in [5.41, 5.74) is 1.10. The molecule has 0 aliphatic carbocycles. The van der Waals surface area contributed by atoms with Gasteiger partial charge in [-0.05, 0) is 42.8 Å². The lowest BCUT2D eigenvalue weighted by molar-refractivity contribution is 0.0948. The molecular weight excluding hydrogens is 346 g/mol. The second-order valence-electron chi connectivity index (χ2n) is 4.62. The van der Waals surface area contributed by atoms with Crippen LogP contribution in [0.1, 0.15) is 34.3 Å². The molecule has 0 aliphatic heterocycles. The summed E-state index contributed by atoms with van der Waals surface area (Å²) in [5, 5.41) is 5.47. The van der Waals surface area contributed by atoms with Crippen molar-refractivity contribution in [3.8, 4) is 0 Å². The molecule has 5 nitrogen and oxygen atoms in total. The van der Waals surface area contributed by atoms with Gasteiger partial charge in [0.25, 0.3) is 11.8 Å². The Hall–Kier alpha value is -2.21. The lowest BCUT2D eigenvalue weighted by Gasteiger charge is -2.07. The second-order valence-corrected chi connectivity index (χ2v) is 5.54. The highest BCUT2D eigenvalue weighted by Crippen LogP contribution is 2.14. The molecular formula is C16H16BrN3O2. The number of carbonyl (C=O) groups is 2. The summed E-state index contributed by atoms with van der Waals surface area (Å²) >= 11 is 3.33. The van der Waals surface area contributed by atoms with E-state index in [2.05, 4.69) is 31.5 Å². The quantitative estimate of drug-likeness (QED) is 0.858. The SMILES string of the molecule is CCCNC(=O)c1cccc(C(=O)Nc2ccc(Br)cc2)n1. The van der Waals surface area contributed by atoms with E-state index < -0.39 is 0 Å². The molecule has 0 radical (unpaired) electrons. The number of nitrogens with zero attached hydrogens (tertiary/aromatic N) is 1. The molecule has 2 N–H and O–H groups in total. The van der Waals surface area contributed by atoms with Gasteiger partial charge < -0.3 is 10.6 Å². The van der Waals surface area contributed by atoms with Crippen LogP contribution >= 0.6 is 15.9 Å². The first-order valence-electron chi connectivity index (χ1n) is 6.92. The third kappa shape index (κ3) is 4.39. The van der Waals surface area contributed by atoms with E-state index >= 15 is 0 Å². The molecule has 0 saturated heterocycles. The number of anilines is 1. The van der Waals surface area contributed by atoms with Gasteiger partial charge in [-0.2, -0.15) is 0 Å². The Bertz CT molecular complexity index is 671. The van der Waals surface area contributed by atoms with Crippen LogP contribution in [0.5, 0.6) is 0 Å². The Kier molecular flexibility index (Phi) is 5.66. The fourth-order valence-corrected chi connectivity index (χ4v) is 2.01. The van der Waals surface area contributed by atoms with Crippen molar-refractivity contribution in [3.05, 3.63) is 58.3 Å². The molecule has 0 bridgehead atoms. The lowest BCUT2D eigenvalue weighted by Crippen LogP contribution is -2.26. The molecule has 0 aliphatic rings. The number of benzene rings is 1. The molecule has 2 rings (SSSR count). The van der Waals surface area contributed by atoms with Crippen LogP contribution in [-0.4, -0.2) is 23.3 Å². The number of hydrogen-bond donors (Lipinski definition) is 2. The maximum absolute atomic E-state index is 12.2. The molecule has 0 saturated carbocycles. The van der Waals surface area contributed by atoms with Crippen molar-refractivity contribution in [2.75, 3.05) is 11.9 Å². The largest absolute Gasteiger partial charge is 0.351 e. The van der Waals surface area contributed by atoms with Crippen molar-refractivity contribution in [2.24, 2.45) is 0 Å². The standard InChI is InChI=1S/C16H16BrN3O2/c1-2-10-18-15(21)13-4-3-5-14(20-13)16(22)19-12-8-6-11(17)7-9-12/h3-9H,2,10H2,1H3,(H,18,21)(H,19,22). The Balaban J connectivity index is 2.09. The first kappa shape index (κ1) is 16.2. The minimum Gasteiger partial charge on any atom is -0.351 e. The van der Waals surface area contributed by atoms with Crippen LogP contribution in [0.4, 0.5) is 5.69 Å². The Morgan fingerprint density at radius 2 is 1.68 bits per heavy atom. The van der Waals surface area contributed by atoms with Gasteiger partial charge >= 0.3 is 0 Å². The maximum Gasteiger partial charge on any atom is 0.274 e. The number of nitrogens with one attached hydrogen (secondary N) is 2. The van der Waals surface area contributed by atoms with Crippen molar-refractivity contribution in [1.29, 1.82) is 0 Å². The predicted molar refractivity (Wildman–Crippen MR) is 89.0 cm³/mol. The molecule has 0 spiro atoms. The van der Waals surface area contributed by atoms with Crippen molar-refractivity contribution in [3.63, 3.8) is 0 Å². The summed E-state index contributed by atoms with van der Waals surface area (Å²) in [5.74, 6) is -0.632. The smallest absolute Gasteiger partial charge is 0.274 e. The van der Waals surface area contributed by atoms with Crippen LogP contribution in [0.25, 0.3) is 0 Å². The zero-order valence-electron chi connectivity index (χ0n) is 12.1. The number of rotatable bonds is 5. The van der Waals surface area contributed by atoms with Gasteiger partial charge in [0.1, 0.15) is 11.4 Å². The molecule has 0 unspecified atom stereocenters. The van der Waals surface area contributed by atoms with Gasteiger partial charge in [-0.15, -0.1) is 0 Å². The van der Waals surface area contributed by atoms with Crippen molar-refractivity contribution in [1.82, 2.24) is 10.3 Å². The highest BCUT2D eigenvalue weighted by Gasteiger charge is 2.12. The average Bonchev–Trinajstić information content (AvgIpc) is 2.54. The molecule has 0 atom stereocenters. The van der Waals surface area contributed by atoms with Crippen molar-refractivity contribution in [2.45, 2.75) is 13.3 Å². The van der Waals surface area contributed by atoms with Crippen molar-refractivity contribution >= 4 is 33.4 Å². The van der Waals surface area contributed by atoms with Gasteiger partial charge in [0.05, 0.1) is 0 Å². The molecule has 2 amide bonds. The Morgan fingerprint density at radius 3 is 2.32 bits per heavy atom. The topological polar surface area (TPSA) is 71.1 Å². The highest BCUT2D eigenvalue weighted by atomic mass is 79.9. The second kappa shape index (κ2) is 7.70. The van der Waals surface area contributed by atoms with E-state index in [0.29, 0.717) is 12.2 Å². The summed E-state index contributed by atoms with van der Waals surface area (Å²) in [4.78, 5) is 28.1. The van der Waals surface area contributed by atoms with Crippen LogP contribution in [0.3, 0.4) is 0 Å². The molecule has 1 aromatic carbocycles. The molecule has 1 aromatic heterocycles. The molecule has 22 heavy (non-hydrogen) atoms. The van der Waals surface area contributed by atoms with Gasteiger partial charge in [0.2, 0.25) is 0 Å². The van der Waals surface area contributed by atoms with Gasteiger partial charge in [0, 0.05) is 16.7 Å². The van der Waals surface area contributed by atoms with Crippen LogP contribution in [0, 0.1) is 0 Å². The van der Waals surface area contributed by atoms with E-state index in [1.54, 1.807) is 30.3 Å². The average molecular weight is 362 g/mol. The summed E-state index contributed by atoms with van der Waals surface area (Å²) in [6.45, 7) is 2.55. The lowest BCUT2D eigenvalue weighted by atomic mass is 10.2. The molecule has 0 fully saturated rings. The summed E-state index contributed by atoms with van der Waals surface area (Å²) in [7, 11) is 0. The maximum atomic E-state index is 12.2. The predicted octanol–water partition coefficient (Wildman–Crippen LogP) is 3.24. The van der Waals surface area contributed by atoms with Gasteiger partial charge in [0.15, 0.2) is 0 Å². The third-order valence-corrected chi connectivity index (χ3v) is 3.38. The van der Waals surface area contributed by atoms with Gasteiger partial charge in [-0.1, -0.05) is 28.9 Å². The van der Waals surface area contributed by atoms with E-state index in [0.717, 1.165) is 10.9 Å². The highest BCUT2D eigenvalue weighted by molar-refractivity contribution is 9.10. The van der Waals surface area contributed by atoms with Crippen molar-refractivity contribution < 1.29 is 9.59 Å². The first-order valence-corrected chi connectivity index (χ1v) is 7.71. The van der Waals surface area contributed by atoms with Crippen LogP contribution < -0.4 is 10.6 Å². The number of pyridine rings is 1. The Labute approximate surface area is 137 Å². The summed E-state index contributed by atoms with van der Waals surface area (Å²) in [6.07, 6.45) is 0.843. The molecule has 6 heteroatoms. The zero-order valence-corrected chi connectivity index (χ0v) is 13.7. The minimum absolute atomic E-state index is 0.201. The van der Waals surface area contributed by atoms with E-state index in [9.17, 15) is 9.59 Å². The normalized spacial score (nSPS) is 10.1. The van der Waals surface area contributed by atoms with Gasteiger partial charge in [-0.25, -0.2) is 4.98 Å². The monoisotopic (exact) mass is 361 g/mol. The zero-order chi connectivity index (χ0) is 15.9. The molecule has 114 valence electrons. The number of aromatic nitrogens is 1. The number of halogens is 1. The third-order valence-electron chi connectivity index (χ3n) is 2.85. The number of amides is 2. The van der Waals surface area contributed by atoms with E-state index in [1.165, 1.54) is 0 Å². The summed E-state index contributed by atoms with van der Waals surface area (Å²) in [6, 6.07) is 12.0. The fourth-order valence-electron chi connectivity index (χ4n) is 1.75. The molecule has 1 heterocycles. The van der Waals surface area contributed by atoms with E-state index in [-0.39, 0.29) is 23.2 Å². The number of carbonyl (C=O) groups excluding carboxylic acids is 2. The van der Waals surface area contributed by atoms with Crippen LogP contribution in [0.15, 0.2) is 46.9 Å². The van der Waals surface area contributed by atoms with E-state index in [1.807, 2.05) is 19.1 Å². The first-order chi connectivity index (χ1) is 10.6. The van der Waals surface area contributed by atoms with Gasteiger partial charge in [-0.3, -0.25) is 9.59 Å². The van der Waals surface area contributed by atoms with E-state index in [4.69, 9.17) is 0 Å².